The Morgan fingerprint density at radius 3 is 1.52 bits per heavy atom. The molecular weight excluding hydrogens is 737 g/mol. The van der Waals surface area contributed by atoms with Crippen molar-refractivity contribution in [2.45, 2.75) is 56.8 Å². The third-order valence-electron chi connectivity index (χ3n) is 15.5. The predicted molar refractivity (Wildman–Crippen MR) is 255 cm³/mol. The second-order valence-corrected chi connectivity index (χ2v) is 19.0. The molecule has 0 N–H and O–H groups in total. The first kappa shape index (κ1) is 36.5. The van der Waals surface area contributed by atoms with Crippen molar-refractivity contribution in [3.63, 3.8) is 0 Å². The standard InChI is InChI=1S/C59H52N2/c1-58(2)55-22-12-11-21-53(55)54-33-32-51(39-56(54)58)61(57-23-13-15-42-14-9-10-20-52(42)57)50-30-26-44(27-31-50)59(45-35-40-34-41(37-45)38-46(59)36-40)43-24-28-49(29-25-43)60(47-16-5-3-6-17-47)48-18-7-4-8-19-48/h3-33,39-41,45-46H,34-38H2,1-2H3. The van der Waals surface area contributed by atoms with E-state index in [0.29, 0.717) is 11.8 Å². The average Bonchev–Trinajstić information content (AvgIpc) is 3.53. The van der Waals surface area contributed by atoms with E-state index in [0.717, 1.165) is 11.8 Å². The van der Waals surface area contributed by atoms with Crippen LogP contribution in [-0.4, -0.2) is 0 Å². The van der Waals surface area contributed by atoms with Crippen LogP contribution in [-0.2, 0) is 10.8 Å². The van der Waals surface area contributed by atoms with Crippen molar-refractivity contribution in [3.05, 3.63) is 216 Å². The number of benzene rings is 8. The number of rotatable bonds is 8. The summed E-state index contributed by atoms with van der Waals surface area (Å²) in [6.45, 7) is 4.77. The molecule has 0 amide bonds. The van der Waals surface area contributed by atoms with Crippen LogP contribution in [0.2, 0.25) is 0 Å². The van der Waals surface area contributed by atoms with Crippen molar-refractivity contribution in [2.75, 3.05) is 9.80 Å². The van der Waals surface area contributed by atoms with E-state index in [-0.39, 0.29) is 10.8 Å². The van der Waals surface area contributed by atoms with Crippen LogP contribution in [0.4, 0.5) is 34.1 Å². The Labute approximate surface area is 361 Å². The fraction of sp³-hybridized carbons (Fsp3) is 0.220. The van der Waals surface area contributed by atoms with Crippen molar-refractivity contribution in [1.82, 2.24) is 0 Å². The van der Waals surface area contributed by atoms with Crippen molar-refractivity contribution in [1.29, 1.82) is 0 Å². The minimum atomic E-state index is -0.0865. The fourth-order valence-corrected chi connectivity index (χ4v) is 13.1. The van der Waals surface area contributed by atoms with E-state index < -0.39 is 0 Å². The lowest BCUT2D eigenvalue weighted by Gasteiger charge is -2.62. The number of anilines is 6. The molecule has 298 valence electrons. The van der Waals surface area contributed by atoms with Crippen LogP contribution in [0.3, 0.4) is 0 Å². The van der Waals surface area contributed by atoms with Crippen LogP contribution in [0, 0.1) is 23.7 Å². The van der Waals surface area contributed by atoms with Gasteiger partial charge in [-0.05, 0) is 161 Å². The van der Waals surface area contributed by atoms with E-state index >= 15 is 0 Å². The zero-order valence-corrected chi connectivity index (χ0v) is 35.2. The van der Waals surface area contributed by atoms with Crippen LogP contribution < -0.4 is 9.80 Å². The molecule has 5 aliphatic rings. The minimum Gasteiger partial charge on any atom is -0.311 e. The molecule has 4 saturated carbocycles. The van der Waals surface area contributed by atoms with Gasteiger partial charge in [-0.15, -0.1) is 0 Å². The van der Waals surface area contributed by atoms with Gasteiger partial charge in [0.1, 0.15) is 0 Å². The van der Waals surface area contributed by atoms with Crippen LogP contribution in [0.1, 0.15) is 68.2 Å². The maximum absolute atomic E-state index is 2.52. The highest BCUT2D eigenvalue weighted by Crippen LogP contribution is 2.65. The van der Waals surface area contributed by atoms with Gasteiger partial charge in [0.15, 0.2) is 0 Å². The molecule has 0 atom stereocenters. The van der Waals surface area contributed by atoms with E-state index in [2.05, 4.69) is 218 Å². The summed E-state index contributed by atoms with van der Waals surface area (Å²) in [5.74, 6) is 3.04. The SMILES string of the molecule is CC1(C)c2ccccc2-c2ccc(N(c3ccc(C4(c5ccc(N(c6ccccc6)c6ccccc6)cc5)C5CC6CC(C5)CC4C6)cc3)c3cccc4ccccc34)cc21. The van der Waals surface area contributed by atoms with Crippen molar-refractivity contribution in [2.24, 2.45) is 23.7 Å². The van der Waals surface area contributed by atoms with Gasteiger partial charge in [-0.3, -0.25) is 0 Å². The molecule has 8 aromatic carbocycles. The zero-order valence-electron chi connectivity index (χ0n) is 35.2. The molecule has 2 nitrogen and oxygen atoms in total. The summed E-state index contributed by atoms with van der Waals surface area (Å²) in [6, 6.07) is 73.1. The predicted octanol–water partition coefficient (Wildman–Crippen LogP) is 15.8. The van der Waals surface area contributed by atoms with Gasteiger partial charge < -0.3 is 9.80 Å². The highest BCUT2D eigenvalue weighted by atomic mass is 15.1. The third kappa shape index (κ3) is 5.68. The van der Waals surface area contributed by atoms with Crippen LogP contribution >= 0.6 is 0 Å². The van der Waals surface area contributed by atoms with Crippen LogP contribution in [0.25, 0.3) is 21.9 Å². The summed E-state index contributed by atoms with van der Waals surface area (Å²) >= 11 is 0. The summed E-state index contributed by atoms with van der Waals surface area (Å²) in [4.78, 5) is 4.91. The lowest BCUT2D eigenvalue weighted by molar-refractivity contribution is -0.0418. The first-order chi connectivity index (χ1) is 30.0. The van der Waals surface area contributed by atoms with Gasteiger partial charge in [-0.2, -0.15) is 0 Å². The summed E-state index contributed by atoms with van der Waals surface area (Å²) in [5, 5.41) is 2.51. The fourth-order valence-electron chi connectivity index (χ4n) is 13.1. The topological polar surface area (TPSA) is 6.48 Å². The summed E-state index contributed by atoms with van der Waals surface area (Å²) in [5.41, 5.74) is 15.5. The maximum atomic E-state index is 2.52. The molecule has 0 heterocycles. The number of para-hydroxylation sites is 2. The molecule has 4 fully saturated rings. The van der Waals surface area contributed by atoms with Gasteiger partial charge in [0, 0.05) is 44.7 Å². The summed E-state index contributed by atoms with van der Waals surface area (Å²) in [6.07, 6.45) is 6.79. The average molecular weight is 789 g/mol. The minimum absolute atomic E-state index is 0.0115. The van der Waals surface area contributed by atoms with E-state index in [1.165, 1.54) is 110 Å². The molecule has 13 rings (SSSR count). The number of hydrogen-bond acceptors (Lipinski definition) is 2. The number of fused-ring (bicyclic) bond motifs is 4. The monoisotopic (exact) mass is 788 g/mol. The molecule has 0 aliphatic heterocycles. The molecule has 2 heteroatoms. The van der Waals surface area contributed by atoms with Crippen molar-refractivity contribution >= 4 is 44.9 Å². The Morgan fingerprint density at radius 1 is 0.393 bits per heavy atom. The van der Waals surface area contributed by atoms with Crippen molar-refractivity contribution < 1.29 is 0 Å². The van der Waals surface area contributed by atoms with E-state index in [4.69, 9.17) is 0 Å². The molecule has 8 aromatic rings. The van der Waals surface area contributed by atoms with Crippen LogP contribution in [0.5, 0.6) is 0 Å². The lowest BCUT2D eigenvalue weighted by Crippen LogP contribution is -2.56. The Morgan fingerprint density at radius 2 is 0.885 bits per heavy atom. The van der Waals surface area contributed by atoms with Gasteiger partial charge in [0.05, 0.1) is 5.69 Å². The van der Waals surface area contributed by atoms with Gasteiger partial charge in [0.2, 0.25) is 0 Å². The maximum Gasteiger partial charge on any atom is 0.0540 e. The van der Waals surface area contributed by atoms with E-state index in [9.17, 15) is 0 Å². The molecule has 0 aromatic heterocycles. The normalized spacial score (nSPS) is 22.8. The summed E-state index contributed by atoms with van der Waals surface area (Å²) < 4.78 is 0. The van der Waals surface area contributed by atoms with E-state index in [1.54, 1.807) is 0 Å². The van der Waals surface area contributed by atoms with Gasteiger partial charge in [0.25, 0.3) is 0 Å². The van der Waals surface area contributed by atoms with E-state index in [1.807, 2.05) is 0 Å². The Hall–Kier alpha value is -6.38. The number of nitrogens with zero attached hydrogens (tertiary/aromatic N) is 2. The molecule has 0 radical (unpaired) electrons. The van der Waals surface area contributed by atoms with Gasteiger partial charge >= 0.3 is 0 Å². The first-order valence-corrected chi connectivity index (χ1v) is 22.6. The molecular formula is C59H52N2. The molecule has 4 bridgehead atoms. The largest absolute Gasteiger partial charge is 0.311 e. The van der Waals surface area contributed by atoms with Crippen LogP contribution in [0.15, 0.2) is 194 Å². The van der Waals surface area contributed by atoms with Gasteiger partial charge in [-0.1, -0.05) is 141 Å². The molecule has 5 aliphatic carbocycles. The highest BCUT2D eigenvalue weighted by molar-refractivity contribution is 5.99. The zero-order chi connectivity index (χ0) is 40.7. The lowest BCUT2D eigenvalue weighted by atomic mass is 9.42. The quantitative estimate of drug-likeness (QED) is 0.151. The smallest absolute Gasteiger partial charge is 0.0540 e. The second kappa shape index (κ2) is 14.1. The second-order valence-electron chi connectivity index (χ2n) is 19.0. The van der Waals surface area contributed by atoms with Crippen molar-refractivity contribution in [3.8, 4) is 11.1 Å². The molecule has 0 saturated heterocycles. The highest BCUT2D eigenvalue weighted by Gasteiger charge is 2.58. The van der Waals surface area contributed by atoms with Gasteiger partial charge in [-0.25, -0.2) is 0 Å². The first-order valence-electron chi connectivity index (χ1n) is 22.6. The Balaban J connectivity index is 0.986. The molecule has 0 spiro atoms. The Bertz CT molecular complexity index is 2820. The third-order valence-corrected chi connectivity index (χ3v) is 15.5. The Kier molecular flexibility index (Phi) is 8.43. The molecule has 0 unspecified atom stereocenters. The number of hydrogen-bond donors (Lipinski definition) is 0. The molecule has 61 heavy (non-hydrogen) atoms. The summed E-state index contributed by atoms with van der Waals surface area (Å²) in [7, 11) is 0.